The van der Waals surface area contributed by atoms with Crippen LogP contribution in [0, 0.1) is 11.6 Å². The Balaban J connectivity index is 1.72. The summed E-state index contributed by atoms with van der Waals surface area (Å²) in [5, 5.41) is 2.59. The van der Waals surface area contributed by atoms with Gasteiger partial charge in [0.2, 0.25) is 0 Å². The molecule has 1 N–H and O–H groups in total. The van der Waals surface area contributed by atoms with E-state index in [4.69, 9.17) is 0 Å². The molecule has 1 heterocycles. The molecule has 0 saturated carbocycles. The average Bonchev–Trinajstić information content (AvgIpc) is 2.82. The van der Waals surface area contributed by atoms with Gasteiger partial charge in [0, 0.05) is 6.54 Å². The van der Waals surface area contributed by atoms with E-state index < -0.39 is 29.1 Å². The Hall–Kier alpha value is -2.76. The topological polar surface area (TPSA) is 49.4 Å². The number of aryl methyl sites for hydroxylation is 1. The van der Waals surface area contributed by atoms with Crippen molar-refractivity contribution in [3.8, 4) is 0 Å². The fourth-order valence-electron chi connectivity index (χ4n) is 2.99. The summed E-state index contributed by atoms with van der Waals surface area (Å²) in [5.74, 6) is -2.51. The summed E-state index contributed by atoms with van der Waals surface area (Å²) < 4.78 is 26.6. The minimum atomic E-state index is -1.39. The van der Waals surface area contributed by atoms with Crippen molar-refractivity contribution in [2.24, 2.45) is 0 Å². The second-order valence-electron chi connectivity index (χ2n) is 6.23. The van der Waals surface area contributed by atoms with Gasteiger partial charge in [-0.15, -0.1) is 0 Å². The van der Waals surface area contributed by atoms with Crippen molar-refractivity contribution in [2.45, 2.75) is 25.3 Å². The van der Waals surface area contributed by atoms with Gasteiger partial charge in [0.15, 0.2) is 11.6 Å². The normalized spacial score (nSPS) is 20.0. The number of urea groups is 1. The molecule has 1 aliphatic heterocycles. The minimum Gasteiger partial charge on any atom is -0.319 e. The van der Waals surface area contributed by atoms with Crippen molar-refractivity contribution < 1.29 is 18.4 Å². The molecule has 6 heteroatoms. The highest BCUT2D eigenvalue weighted by atomic mass is 19.2. The SMILES string of the molecule is CC1(c2ccc(F)c(F)c2)NC(=O)N(CCCc2ccccc2)C1=O. The second kappa shape index (κ2) is 6.63. The van der Waals surface area contributed by atoms with Crippen molar-refractivity contribution in [2.75, 3.05) is 6.54 Å². The third-order valence-electron chi connectivity index (χ3n) is 4.46. The van der Waals surface area contributed by atoms with Crippen LogP contribution in [0.4, 0.5) is 13.6 Å². The Morgan fingerprint density at radius 3 is 2.44 bits per heavy atom. The monoisotopic (exact) mass is 344 g/mol. The molecule has 1 fully saturated rings. The predicted octanol–water partition coefficient (Wildman–Crippen LogP) is 3.36. The molecule has 3 amide bonds. The molecule has 2 aromatic carbocycles. The van der Waals surface area contributed by atoms with E-state index >= 15 is 0 Å². The highest BCUT2D eigenvalue weighted by molar-refractivity contribution is 6.07. The summed E-state index contributed by atoms with van der Waals surface area (Å²) in [4.78, 5) is 26.0. The molecule has 0 spiro atoms. The lowest BCUT2D eigenvalue weighted by Gasteiger charge is -2.22. The largest absolute Gasteiger partial charge is 0.325 e. The van der Waals surface area contributed by atoms with Gasteiger partial charge in [-0.2, -0.15) is 0 Å². The second-order valence-corrected chi connectivity index (χ2v) is 6.23. The number of benzene rings is 2. The van der Waals surface area contributed by atoms with Crippen LogP contribution in [0.3, 0.4) is 0 Å². The van der Waals surface area contributed by atoms with Crippen LogP contribution in [0.25, 0.3) is 0 Å². The molecular formula is C19H18F2N2O2. The summed E-state index contributed by atoms with van der Waals surface area (Å²) >= 11 is 0. The molecule has 1 aliphatic rings. The number of halogens is 2. The lowest BCUT2D eigenvalue weighted by atomic mass is 9.92. The predicted molar refractivity (Wildman–Crippen MR) is 88.7 cm³/mol. The van der Waals surface area contributed by atoms with E-state index in [1.165, 1.54) is 13.0 Å². The van der Waals surface area contributed by atoms with Crippen molar-refractivity contribution >= 4 is 11.9 Å². The standard InChI is InChI=1S/C19H18F2N2O2/c1-19(14-9-10-15(20)16(21)12-14)17(24)23(18(25)22-19)11-5-8-13-6-3-2-4-7-13/h2-4,6-7,9-10,12H,5,8,11H2,1H3,(H,22,25). The van der Waals surface area contributed by atoms with Crippen molar-refractivity contribution in [1.82, 2.24) is 10.2 Å². The quantitative estimate of drug-likeness (QED) is 0.846. The number of rotatable bonds is 5. The third-order valence-corrected chi connectivity index (χ3v) is 4.46. The molecule has 0 bridgehead atoms. The van der Waals surface area contributed by atoms with E-state index in [1.54, 1.807) is 0 Å². The Morgan fingerprint density at radius 1 is 1.04 bits per heavy atom. The van der Waals surface area contributed by atoms with Crippen LogP contribution in [0.1, 0.15) is 24.5 Å². The molecular weight excluding hydrogens is 326 g/mol. The van der Waals surface area contributed by atoms with E-state index in [9.17, 15) is 18.4 Å². The number of amides is 3. The molecule has 2 aromatic rings. The Bertz CT molecular complexity index is 810. The Kier molecular flexibility index (Phi) is 4.53. The van der Waals surface area contributed by atoms with E-state index in [0.717, 1.165) is 29.0 Å². The number of hydrogen-bond acceptors (Lipinski definition) is 2. The zero-order valence-electron chi connectivity index (χ0n) is 13.8. The Morgan fingerprint density at radius 2 is 1.76 bits per heavy atom. The van der Waals surface area contributed by atoms with Gasteiger partial charge in [-0.25, -0.2) is 13.6 Å². The smallest absolute Gasteiger partial charge is 0.319 e. The van der Waals surface area contributed by atoms with E-state index in [2.05, 4.69) is 5.32 Å². The van der Waals surface area contributed by atoms with Gasteiger partial charge >= 0.3 is 6.03 Å². The van der Waals surface area contributed by atoms with E-state index in [0.29, 0.717) is 6.42 Å². The maximum absolute atomic E-state index is 13.5. The fraction of sp³-hybridized carbons (Fsp3) is 0.263. The van der Waals surface area contributed by atoms with Crippen LogP contribution in [-0.4, -0.2) is 23.4 Å². The van der Waals surface area contributed by atoms with Gasteiger partial charge in [0.05, 0.1) is 0 Å². The lowest BCUT2D eigenvalue weighted by molar-refractivity contribution is -0.131. The van der Waals surface area contributed by atoms with Crippen LogP contribution >= 0.6 is 0 Å². The van der Waals surface area contributed by atoms with Crippen LogP contribution in [0.15, 0.2) is 48.5 Å². The van der Waals surface area contributed by atoms with Crippen LogP contribution < -0.4 is 5.32 Å². The van der Waals surface area contributed by atoms with E-state index in [1.807, 2.05) is 30.3 Å². The first-order valence-corrected chi connectivity index (χ1v) is 8.05. The van der Waals surface area contributed by atoms with Crippen molar-refractivity contribution in [1.29, 1.82) is 0 Å². The summed E-state index contributed by atoms with van der Waals surface area (Å²) in [6, 6.07) is 12.4. The van der Waals surface area contributed by atoms with Gasteiger partial charge in [-0.3, -0.25) is 9.69 Å². The number of imide groups is 1. The zero-order chi connectivity index (χ0) is 18.0. The molecule has 0 radical (unpaired) electrons. The van der Waals surface area contributed by atoms with Gasteiger partial charge in [-0.05, 0) is 43.0 Å². The van der Waals surface area contributed by atoms with Crippen LogP contribution in [0.2, 0.25) is 0 Å². The van der Waals surface area contributed by atoms with Gasteiger partial charge < -0.3 is 5.32 Å². The summed E-state index contributed by atoms with van der Waals surface area (Å²) in [7, 11) is 0. The number of nitrogens with zero attached hydrogens (tertiary/aromatic N) is 1. The molecule has 3 rings (SSSR count). The van der Waals surface area contributed by atoms with Gasteiger partial charge in [0.25, 0.3) is 5.91 Å². The molecule has 1 unspecified atom stereocenters. The first kappa shape index (κ1) is 17.1. The maximum Gasteiger partial charge on any atom is 0.325 e. The van der Waals surface area contributed by atoms with Gasteiger partial charge in [0.1, 0.15) is 5.54 Å². The molecule has 0 aliphatic carbocycles. The summed E-state index contributed by atoms with van der Waals surface area (Å²) in [6.07, 6.45) is 1.36. The Labute approximate surface area is 144 Å². The number of carbonyl (C=O) groups excluding carboxylic acids is 2. The highest BCUT2D eigenvalue weighted by Crippen LogP contribution is 2.30. The molecule has 130 valence electrons. The average molecular weight is 344 g/mol. The molecule has 1 atom stereocenters. The first-order valence-electron chi connectivity index (χ1n) is 8.05. The minimum absolute atomic E-state index is 0.218. The van der Waals surface area contributed by atoms with Crippen LogP contribution in [0.5, 0.6) is 0 Å². The summed E-state index contributed by atoms with van der Waals surface area (Å²) in [6.45, 7) is 1.76. The molecule has 4 nitrogen and oxygen atoms in total. The third kappa shape index (κ3) is 3.24. The highest BCUT2D eigenvalue weighted by Gasteiger charge is 2.48. The maximum atomic E-state index is 13.5. The first-order chi connectivity index (χ1) is 11.9. The molecule has 0 aromatic heterocycles. The number of hydrogen-bond donors (Lipinski definition) is 1. The van der Waals surface area contributed by atoms with Crippen molar-refractivity contribution in [3.63, 3.8) is 0 Å². The fourth-order valence-corrected chi connectivity index (χ4v) is 2.99. The lowest BCUT2D eigenvalue weighted by Crippen LogP contribution is -2.41. The summed E-state index contributed by atoms with van der Waals surface area (Å²) in [5.41, 5.74) is -0.0496. The number of nitrogens with one attached hydrogen (secondary N) is 1. The van der Waals surface area contributed by atoms with Gasteiger partial charge in [-0.1, -0.05) is 36.4 Å². The zero-order valence-corrected chi connectivity index (χ0v) is 13.8. The van der Waals surface area contributed by atoms with E-state index in [-0.39, 0.29) is 12.1 Å². The van der Waals surface area contributed by atoms with Crippen LogP contribution in [-0.2, 0) is 16.8 Å². The molecule has 25 heavy (non-hydrogen) atoms. The molecule has 1 saturated heterocycles. The number of carbonyl (C=O) groups is 2. The van der Waals surface area contributed by atoms with Crippen molar-refractivity contribution in [3.05, 3.63) is 71.3 Å².